The minimum atomic E-state index is -0.386. The van der Waals surface area contributed by atoms with E-state index < -0.39 is 0 Å². The molecule has 90 valence electrons. The summed E-state index contributed by atoms with van der Waals surface area (Å²) >= 11 is 0. The van der Waals surface area contributed by atoms with Crippen LogP contribution in [0.2, 0.25) is 0 Å². The summed E-state index contributed by atoms with van der Waals surface area (Å²) in [5, 5.41) is 10.2. The number of nitrogens with zero attached hydrogens (tertiary/aromatic N) is 1. The number of rotatable bonds is 5. The van der Waals surface area contributed by atoms with Gasteiger partial charge >= 0.3 is 0 Å². The Kier molecular flexibility index (Phi) is 4.97. The van der Waals surface area contributed by atoms with Crippen LogP contribution in [0.3, 0.4) is 0 Å². The van der Waals surface area contributed by atoms with E-state index in [1.807, 2.05) is 31.2 Å². The Bertz CT molecular complexity index is 322. The molecule has 0 radical (unpaired) electrons. The Hall–Kier alpha value is -0.860. The van der Waals surface area contributed by atoms with E-state index >= 15 is 0 Å². The predicted octanol–water partition coefficient (Wildman–Crippen LogP) is 2.76. The largest absolute Gasteiger partial charge is 0.387 e. The summed E-state index contributed by atoms with van der Waals surface area (Å²) in [5.41, 5.74) is 2.21. The molecule has 2 heteroatoms. The second-order valence-electron chi connectivity index (χ2n) is 4.55. The summed E-state index contributed by atoms with van der Waals surface area (Å²) < 4.78 is 0. The zero-order chi connectivity index (χ0) is 12.1. The predicted molar refractivity (Wildman–Crippen MR) is 68.5 cm³/mol. The normalized spacial score (nSPS) is 13.4. The fourth-order valence-corrected chi connectivity index (χ4v) is 1.99. The lowest BCUT2D eigenvalue weighted by Gasteiger charge is -2.27. The molecule has 16 heavy (non-hydrogen) atoms. The Morgan fingerprint density at radius 2 is 1.88 bits per heavy atom. The number of aliphatic hydroxyl groups excluding tert-OH is 1. The molecule has 0 aliphatic heterocycles. The van der Waals surface area contributed by atoms with Gasteiger partial charge in [0.2, 0.25) is 0 Å². The van der Waals surface area contributed by atoms with Crippen molar-refractivity contribution in [1.29, 1.82) is 0 Å². The molecule has 1 N–H and O–H groups in total. The van der Waals surface area contributed by atoms with Crippen LogP contribution >= 0.6 is 0 Å². The molecule has 0 heterocycles. The van der Waals surface area contributed by atoms with E-state index in [1.54, 1.807) is 0 Å². The van der Waals surface area contributed by atoms with Gasteiger partial charge in [0, 0.05) is 12.6 Å². The van der Waals surface area contributed by atoms with Gasteiger partial charge < -0.3 is 5.11 Å². The molecule has 1 aromatic rings. The van der Waals surface area contributed by atoms with Crippen molar-refractivity contribution in [2.75, 3.05) is 13.1 Å². The number of hydrogen-bond acceptors (Lipinski definition) is 2. The quantitative estimate of drug-likeness (QED) is 0.826. The van der Waals surface area contributed by atoms with Crippen molar-refractivity contribution in [3.05, 3.63) is 35.4 Å². The van der Waals surface area contributed by atoms with Gasteiger partial charge in [-0.2, -0.15) is 0 Å². The standard InChI is InChI=1S/C14H23NO/c1-5-15(11(2)3)10-14(16)13-9-7-6-8-12(13)4/h6-9,11,14,16H,5,10H2,1-4H3. The lowest BCUT2D eigenvalue weighted by atomic mass is 10.0. The molecule has 0 bridgehead atoms. The van der Waals surface area contributed by atoms with Gasteiger partial charge in [-0.05, 0) is 38.4 Å². The molecule has 2 nitrogen and oxygen atoms in total. The van der Waals surface area contributed by atoms with Crippen molar-refractivity contribution >= 4 is 0 Å². The molecule has 0 aromatic heterocycles. The Morgan fingerprint density at radius 1 is 1.25 bits per heavy atom. The van der Waals surface area contributed by atoms with Crippen LogP contribution in [0.5, 0.6) is 0 Å². The molecule has 1 atom stereocenters. The maximum Gasteiger partial charge on any atom is 0.0919 e. The van der Waals surface area contributed by atoms with E-state index in [4.69, 9.17) is 0 Å². The SMILES string of the molecule is CCN(CC(O)c1ccccc1C)C(C)C. The third-order valence-corrected chi connectivity index (χ3v) is 3.09. The van der Waals surface area contributed by atoms with Crippen LogP contribution in [-0.4, -0.2) is 29.1 Å². The summed E-state index contributed by atoms with van der Waals surface area (Å²) in [6.07, 6.45) is -0.386. The second kappa shape index (κ2) is 6.02. The number of benzene rings is 1. The van der Waals surface area contributed by atoms with Crippen LogP contribution < -0.4 is 0 Å². The van der Waals surface area contributed by atoms with Crippen molar-refractivity contribution in [1.82, 2.24) is 4.90 Å². The number of hydrogen-bond donors (Lipinski definition) is 1. The smallest absolute Gasteiger partial charge is 0.0919 e. The van der Waals surface area contributed by atoms with Crippen molar-refractivity contribution in [3.8, 4) is 0 Å². The fraction of sp³-hybridized carbons (Fsp3) is 0.571. The van der Waals surface area contributed by atoms with Gasteiger partial charge in [-0.1, -0.05) is 31.2 Å². The van der Waals surface area contributed by atoms with Crippen molar-refractivity contribution < 1.29 is 5.11 Å². The van der Waals surface area contributed by atoms with E-state index in [1.165, 1.54) is 0 Å². The van der Waals surface area contributed by atoms with Crippen LogP contribution in [-0.2, 0) is 0 Å². The zero-order valence-corrected chi connectivity index (χ0v) is 10.8. The molecule has 0 saturated carbocycles. The van der Waals surface area contributed by atoms with E-state index in [0.29, 0.717) is 12.6 Å². The number of aryl methyl sites for hydroxylation is 1. The molecule has 1 aromatic carbocycles. The molecule has 1 unspecified atom stereocenters. The fourth-order valence-electron chi connectivity index (χ4n) is 1.99. The monoisotopic (exact) mass is 221 g/mol. The van der Waals surface area contributed by atoms with E-state index in [-0.39, 0.29) is 6.10 Å². The molecule has 0 spiro atoms. The number of aliphatic hydroxyl groups is 1. The maximum atomic E-state index is 10.2. The van der Waals surface area contributed by atoms with Gasteiger partial charge in [-0.25, -0.2) is 0 Å². The van der Waals surface area contributed by atoms with Gasteiger partial charge in [0.25, 0.3) is 0 Å². The van der Waals surface area contributed by atoms with Crippen molar-refractivity contribution in [2.24, 2.45) is 0 Å². The van der Waals surface area contributed by atoms with Gasteiger partial charge in [-0.3, -0.25) is 4.90 Å². The third kappa shape index (κ3) is 3.32. The van der Waals surface area contributed by atoms with Crippen LogP contribution in [0, 0.1) is 6.92 Å². The lowest BCUT2D eigenvalue weighted by molar-refractivity contribution is 0.0987. The highest BCUT2D eigenvalue weighted by Crippen LogP contribution is 2.18. The molecule has 0 aliphatic carbocycles. The first-order valence-electron chi connectivity index (χ1n) is 6.03. The highest BCUT2D eigenvalue weighted by molar-refractivity contribution is 5.27. The minimum Gasteiger partial charge on any atom is -0.387 e. The van der Waals surface area contributed by atoms with Crippen LogP contribution in [0.4, 0.5) is 0 Å². The van der Waals surface area contributed by atoms with Gasteiger partial charge in [0.05, 0.1) is 6.10 Å². The average Bonchev–Trinajstić information content (AvgIpc) is 2.25. The topological polar surface area (TPSA) is 23.5 Å². The average molecular weight is 221 g/mol. The first-order valence-corrected chi connectivity index (χ1v) is 6.03. The third-order valence-electron chi connectivity index (χ3n) is 3.09. The van der Waals surface area contributed by atoms with E-state index in [9.17, 15) is 5.11 Å². The molecular formula is C14H23NO. The summed E-state index contributed by atoms with van der Waals surface area (Å²) in [4.78, 5) is 2.27. The lowest BCUT2D eigenvalue weighted by Crippen LogP contribution is -2.34. The zero-order valence-electron chi connectivity index (χ0n) is 10.8. The first kappa shape index (κ1) is 13.2. The van der Waals surface area contributed by atoms with E-state index in [2.05, 4.69) is 25.7 Å². The molecule has 0 amide bonds. The van der Waals surface area contributed by atoms with Crippen LogP contribution in [0.25, 0.3) is 0 Å². The van der Waals surface area contributed by atoms with Crippen molar-refractivity contribution in [2.45, 2.75) is 39.8 Å². The minimum absolute atomic E-state index is 0.386. The highest BCUT2D eigenvalue weighted by atomic mass is 16.3. The van der Waals surface area contributed by atoms with E-state index in [0.717, 1.165) is 17.7 Å². The summed E-state index contributed by atoms with van der Waals surface area (Å²) in [5.74, 6) is 0. The van der Waals surface area contributed by atoms with Crippen LogP contribution in [0.1, 0.15) is 38.0 Å². The molecule has 0 saturated heterocycles. The van der Waals surface area contributed by atoms with Crippen LogP contribution in [0.15, 0.2) is 24.3 Å². The Morgan fingerprint density at radius 3 is 2.38 bits per heavy atom. The molecule has 0 aliphatic rings. The highest BCUT2D eigenvalue weighted by Gasteiger charge is 2.15. The van der Waals surface area contributed by atoms with Gasteiger partial charge in [0.1, 0.15) is 0 Å². The maximum absolute atomic E-state index is 10.2. The number of likely N-dealkylation sites (N-methyl/N-ethyl adjacent to an activating group) is 1. The summed E-state index contributed by atoms with van der Waals surface area (Å²) in [7, 11) is 0. The molecule has 1 rings (SSSR count). The molecule has 0 fully saturated rings. The molecular weight excluding hydrogens is 198 g/mol. The van der Waals surface area contributed by atoms with Crippen molar-refractivity contribution in [3.63, 3.8) is 0 Å². The van der Waals surface area contributed by atoms with Gasteiger partial charge in [-0.15, -0.1) is 0 Å². The summed E-state index contributed by atoms with van der Waals surface area (Å²) in [6.45, 7) is 10.2. The second-order valence-corrected chi connectivity index (χ2v) is 4.55. The van der Waals surface area contributed by atoms with Gasteiger partial charge in [0.15, 0.2) is 0 Å². The Labute approximate surface area is 98.9 Å². The first-order chi connectivity index (χ1) is 7.56. The Balaban J connectivity index is 2.72. The summed E-state index contributed by atoms with van der Waals surface area (Å²) in [6, 6.07) is 8.52.